The van der Waals surface area contributed by atoms with Gasteiger partial charge in [-0.2, -0.15) is 5.10 Å². The molecule has 0 aliphatic carbocycles. The van der Waals surface area contributed by atoms with E-state index in [0.29, 0.717) is 19.4 Å². The van der Waals surface area contributed by atoms with Crippen LogP contribution in [-0.2, 0) is 23.1 Å². The number of hydrogen-bond donors (Lipinski definition) is 1. The highest BCUT2D eigenvalue weighted by Gasteiger charge is 2.55. The number of primary amides is 1. The molecule has 1 aromatic heterocycles. The standard InChI is InChI=1S/C21H26N4O3/c1-12-14(13(2)24(4)23-12)9-10-25-20(27)18(19(22)26)16-11-21(25,3)28-17-8-6-5-7-15(16)17/h5-8,16,18H,9-11H2,1-4H3,(H2,22,26)/t16-,18-,21+/m0/s1. The van der Waals surface area contributed by atoms with Gasteiger partial charge in [-0.1, -0.05) is 18.2 Å². The third-order valence-corrected chi connectivity index (χ3v) is 6.30. The van der Waals surface area contributed by atoms with Crippen LogP contribution in [0.3, 0.4) is 0 Å². The van der Waals surface area contributed by atoms with E-state index in [-0.39, 0.29) is 11.8 Å². The zero-order chi connectivity index (χ0) is 20.2. The smallest absolute Gasteiger partial charge is 0.238 e. The first kappa shape index (κ1) is 18.5. The molecule has 7 heteroatoms. The van der Waals surface area contributed by atoms with Crippen LogP contribution in [0.2, 0.25) is 0 Å². The molecule has 1 fully saturated rings. The number of carbonyl (C=O) groups is 2. The molecule has 3 heterocycles. The maximum atomic E-state index is 13.3. The van der Waals surface area contributed by atoms with Gasteiger partial charge in [-0.25, -0.2) is 0 Å². The van der Waals surface area contributed by atoms with Gasteiger partial charge in [0, 0.05) is 31.6 Å². The van der Waals surface area contributed by atoms with Gasteiger partial charge in [-0.3, -0.25) is 14.3 Å². The fourth-order valence-electron chi connectivity index (χ4n) is 4.78. The van der Waals surface area contributed by atoms with Gasteiger partial charge in [0.25, 0.3) is 0 Å². The van der Waals surface area contributed by atoms with Gasteiger partial charge in [0.1, 0.15) is 11.7 Å². The average Bonchev–Trinajstić information content (AvgIpc) is 2.86. The van der Waals surface area contributed by atoms with Gasteiger partial charge in [0.2, 0.25) is 11.8 Å². The molecule has 1 aromatic carbocycles. The fraction of sp³-hybridized carbons (Fsp3) is 0.476. The van der Waals surface area contributed by atoms with Crippen LogP contribution < -0.4 is 10.5 Å². The highest BCUT2D eigenvalue weighted by atomic mass is 16.5. The van der Waals surface area contributed by atoms with Crippen LogP contribution in [0.5, 0.6) is 5.75 Å². The van der Waals surface area contributed by atoms with Crippen molar-refractivity contribution in [2.45, 2.75) is 45.3 Å². The number of carbonyl (C=O) groups excluding carboxylic acids is 2. The number of aryl methyl sites for hydroxylation is 2. The van der Waals surface area contributed by atoms with Crippen LogP contribution in [0.25, 0.3) is 0 Å². The van der Waals surface area contributed by atoms with Crippen molar-refractivity contribution in [2.24, 2.45) is 18.7 Å². The molecule has 148 valence electrons. The van der Waals surface area contributed by atoms with Crippen LogP contribution in [0.15, 0.2) is 24.3 Å². The number of likely N-dealkylation sites (tertiary alicyclic amines) is 1. The second kappa shape index (κ2) is 6.36. The van der Waals surface area contributed by atoms with Gasteiger partial charge < -0.3 is 15.4 Å². The first-order valence-electron chi connectivity index (χ1n) is 9.61. The molecule has 3 atom stereocenters. The van der Waals surface area contributed by atoms with Crippen molar-refractivity contribution in [1.29, 1.82) is 0 Å². The SMILES string of the molecule is Cc1nn(C)c(C)c1CCN1C(=O)[C@H](C(N)=O)[C@H]2C[C@@]1(C)Oc1ccccc12. The van der Waals surface area contributed by atoms with Gasteiger partial charge >= 0.3 is 0 Å². The summed E-state index contributed by atoms with van der Waals surface area (Å²) in [6.45, 7) is 6.36. The number of fused-ring (bicyclic) bond motifs is 4. The lowest BCUT2D eigenvalue weighted by atomic mass is 9.73. The predicted octanol–water partition coefficient (Wildman–Crippen LogP) is 1.81. The first-order valence-corrected chi connectivity index (χ1v) is 9.61. The molecule has 2 N–H and O–H groups in total. The van der Waals surface area contributed by atoms with E-state index < -0.39 is 17.6 Å². The largest absolute Gasteiger partial charge is 0.468 e. The highest BCUT2D eigenvalue weighted by Crippen LogP contribution is 2.50. The molecule has 0 spiro atoms. The third kappa shape index (κ3) is 2.68. The zero-order valence-electron chi connectivity index (χ0n) is 16.7. The van der Waals surface area contributed by atoms with Crippen LogP contribution >= 0.6 is 0 Å². The maximum Gasteiger partial charge on any atom is 0.238 e. The third-order valence-electron chi connectivity index (χ3n) is 6.30. The number of piperidine rings is 1. The molecular formula is C21H26N4O3. The Kier molecular flexibility index (Phi) is 4.21. The van der Waals surface area contributed by atoms with Gasteiger partial charge in [-0.05, 0) is 44.4 Å². The van der Waals surface area contributed by atoms with Crippen LogP contribution in [0.1, 0.15) is 41.8 Å². The van der Waals surface area contributed by atoms with Gasteiger partial charge in [-0.15, -0.1) is 0 Å². The average molecular weight is 382 g/mol. The Morgan fingerprint density at radius 1 is 1.36 bits per heavy atom. The zero-order valence-corrected chi connectivity index (χ0v) is 16.7. The summed E-state index contributed by atoms with van der Waals surface area (Å²) in [4.78, 5) is 27.2. The molecule has 2 bridgehead atoms. The quantitative estimate of drug-likeness (QED) is 0.817. The van der Waals surface area contributed by atoms with Gasteiger partial charge in [0.15, 0.2) is 5.72 Å². The molecule has 2 aromatic rings. The molecule has 2 amide bonds. The van der Waals surface area contributed by atoms with Crippen molar-refractivity contribution in [3.63, 3.8) is 0 Å². The van der Waals surface area contributed by atoms with E-state index in [4.69, 9.17) is 10.5 Å². The van der Waals surface area contributed by atoms with Crippen molar-refractivity contribution >= 4 is 11.8 Å². The van der Waals surface area contributed by atoms with E-state index in [1.54, 1.807) is 4.90 Å². The summed E-state index contributed by atoms with van der Waals surface area (Å²) >= 11 is 0. The lowest BCUT2D eigenvalue weighted by molar-refractivity contribution is -0.175. The number of nitrogens with zero attached hydrogens (tertiary/aromatic N) is 3. The molecule has 0 radical (unpaired) electrons. The second-order valence-corrected chi connectivity index (χ2v) is 8.02. The number of aromatic nitrogens is 2. The van der Waals surface area contributed by atoms with E-state index in [1.807, 2.05) is 56.8 Å². The molecule has 2 aliphatic heterocycles. The highest BCUT2D eigenvalue weighted by molar-refractivity contribution is 6.01. The van der Waals surface area contributed by atoms with E-state index in [2.05, 4.69) is 5.10 Å². The Morgan fingerprint density at radius 2 is 2.07 bits per heavy atom. The first-order chi connectivity index (χ1) is 13.2. The molecule has 1 saturated heterocycles. The number of amides is 2. The topological polar surface area (TPSA) is 90.5 Å². The predicted molar refractivity (Wildman–Crippen MR) is 104 cm³/mol. The Morgan fingerprint density at radius 3 is 2.71 bits per heavy atom. The lowest BCUT2D eigenvalue weighted by Gasteiger charge is -2.52. The van der Waals surface area contributed by atoms with Crippen LogP contribution in [0, 0.1) is 19.8 Å². The summed E-state index contributed by atoms with van der Waals surface area (Å²) in [5.41, 5.74) is 8.91. The molecule has 7 nitrogen and oxygen atoms in total. The van der Waals surface area contributed by atoms with Crippen LogP contribution in [-0.4, -0.2) is 38.8 Å². The summed E-state index contributed by atoms with van der Waals surface area (Å²) in [6, 6.07) is 7.60. The van der Waals surface area contributed by atoms with Crippen molar-refractivity contribution in [3.8, 4) is 5.75 Å². The van der Waals surface area contributed by atoms with Crippen molar-refractivity contribution in [1.82, 2.24) is 14.7 Å². The maximum absolute atomic E-state index is 13.3. The van der Waals surface area contributed by atoms with E-state index in [9.17, 15) is 9.59 Å². The number of nitrogens with two attached hydrogens (primary N) is 1. The Balaban J connectivity index is 1.70. The van der Waals surface area contributed by atoms with Gasteiger partial charge in [0.05, 0.1) is 5.69 Å². The molecule has 4 rings (SSSR count). The van der Waals surface area contributed by atoms with E-state index in [1.165, 1.54) is 0 Å². The summed E-state index contributed by atoms with van der Waals surface area (Å²) in [7, 11) is 1.91. The minimum Gasteiger partial charge on any atom is -0.468 e. The number of rotatable bonds is 4. The van der Waals surface area contributed by atoms with Crippen LogP contribution in [0.4, 0.5) is 0 Å². The normalized spacial score (nSPS) is 26.0. The summed E-state index contributed by atoms with van der Waals surface area (Å²) in [5.74, 6) is -1.22. The van der Waals surface area contributed by atoms with Crippen molar-refractivity contribution < 1.29 is 14.3 Å². The number of benzene rings is 1. The lowest BCUT2D eigenvalue weighted by Crippen LogP contribution is -2.64. The Hall–Kier alpha value is -2.83. The van der Waals surface area contributed by atoms with E-state index in [0.717, 1.165) is 28.3 Å². The van der Waals surface area contributed by atoms with Crippen molar-refractivity contribution in [2.75, 3.05) is 6.54 Å². The summed E-state index contributed by atoms with van der Waals surface area (Å²) in [6.07, 6.45) is 1.20. The second-order valence-electron chi connectivity index (χ2n) is 8.02. The molecule has 2 aliphatic rings. The molecule has 0 unspecified atom stereocenters. The molecular weight excluding hydrogens is 356 g/mol. The number of ether oxygens (including phenoxy) is 1. The number of para-hydroxylation sites is 1. The Bertz CT molecular complexity index is 967. The summed E-state index contributed by atoms with van der Waals surface area (Å²) < 4.78 is 8.13. The molecule has 0 saturated carbocycles. The Labute approximate surface area is 164 Å². The minimum absolute atomic E-state index is 0.250. The minimum atomic E-state index is -0.866. The van der Waals surface area contributed by atoms with E-state index >= 15 is 0 Å². The molecule has 28 heavy (non-hydrogen) atoms. The fourth-order valence-corrected chi connectivity index (χ4v) is 4.78. The monoisotopic (exact) mass is 382 g/mol. The summed E-state index contributed by atoms with van der Waals surface area (Å²) in [5, 5.41) is 4.45. The number of hydrogen-bond acceptors (Lipinski definition) is 4. The van der Waals surface area contributed by atoms with Crippen molar-refractivity contribution in [3.05, 3.63) is 46.8 Å².